The zero-order valence-corrected chi connectivity index (χ0v) is 11.6. The summed E-state index contributed by atoms with van der Waals surface area (Å²) in [6, 6.07) is 0. The summed E-state index contributed by atoms with van der Waals surface area (Å²) >= 11 is 0. The molecule has 0 heteroatoms. The van der Waals surface area contributed by atoms with Gasteiger partial charge in [0.2, 0.25) is 0 Å². The molecule has 0 saturated heterocycles. The van der Waals surface area contributed by atoms with E-state index in [2.05, 4.69) is 27.7 Å². The van der Waals surface area contributed by atoms with Gasteiger partial charge in [0.1, 0.15) is 0 Å². The average Bonchev–Trinajstić information content (AvgIpc) is 2.19. The summed E-state index contributed by atoms with van der Waals surface area (Å²) in [5, 5.41) is 0. The lowest BCUT2D eigenvalue weighted by atomic mass is 9.72. The molecule has 0 aromatic carbocycles. The standard InChI is InChI=1S/C15H32/c1-5-9-10-14-15(11-6-2,12-7-3)13-8-4/h5-14H2,1-4H3. The zero-order chi connectivity index (χ0) is 11.6. The van der Waals surface area contributed by atoms with Gasteiger partial charge in [-0.25, -0.2) is 0 Å². The van der Waals surface area contributed by atoms with Crippen LogP contribution in [0.1, 0.15) is 91.9 Å². The molecule has 0 rings (SSSR count). The summed E-state index contributed by atoms with van der Waals surface area (Å²) in [7, 11) is 0. The van der Waals surface area contributed by atoms with E-state index in [1.54, 1.807) is 0 Å². The molecule has 0 amide bonds. The highest BCUT2D eigenvalue weighted by Gasteiger charge is 2.26. The first kappa shape index (κ1) is 15.0. The van der Waals surface area contributed by atoms with Gasteiger partial charge in [0.05, 0.1) is 0 Å². The smallest absolute Gasteiger partial charge is 0.0298 e. The van der Waals surface area contributed by atoms with Gasteiger partial charge in [-0.15, -0.1) is 0 Å². The van der Waals surface area contributed by atoms with Crippen molar-refractivity contribution in [1.29, 1.82) is 0 Å². The second kappa shape index (κ2) is 9.24. The Hall–Kier alpha value is 0. The molecule has 0 N–H and O–H groups in total. The maximum absolute atomic E-state index is 2.35. The molecule has 0 radical (unpaired) electrons. The highest BCUT2D eigenvalue weighted by atomic mass is 14.3. The van der Waals surface area contributed by atoms with Crippen LogP contribution in [0.4, 0.5) is 0 Å². The molecule has 0 spiro atoms. The normalized spacial score (nSPS) is 12.0. The van der Waals surface area contributed by atoms with Gasteiger partial charge in [0.15, 0.2) is 0 Å². The van der Waals surface area contributed by atoms with Crippen molar-refractivity contribution in [2.75, 3.05) is 0 Å². The minimum Gasteiger partial charge on any atom is -0.0654 e. The van der Waals surface area contributed by atoms with Crippen molar-refractivity contribution >= 4 is 0 Å². The summed E-state index contributed by atoms with van der Waals surface area (Å²) in [6.07, 6.45) is 14.2. The molecule has 0 nitrogen and oxygen atoms in total. The topological polar surface area (TPSA) is 0 Å². The van der Waals surface area contributed by atoms with Crippen LogP contribution in [0.5, 0.6) is 0 Å². The zero-order valence-electron chi connectivity index (χ0n) is 11.6. The molecule has 0 aliphatic rings. The predicted octanol–water partition coefficient (Wildman–Crippen LogP) is 5.95. The molecule has 0 atom stereocenters. The molecule has 0 bridgehead atoms. The number of rotatable bonds is 10. The third-order valence-corrected chi connectivity index (χ3v) is 3.65. The first-order valence-corrected chi connectivity index (χ1v) is 7.24. The second-order valence-electron chi connectivity index (χ2n) is 5.21. The summed E-state index contributed by atoms with van der Waals surface area (Å²) < 4.78 is 0. The van der Waals surface area contributed by atoms with E-state index in [1.165, 1.54) is 64.2 Å². The highest BCUT2D eigenvalue weighted by Crippen LogP contribution is 2.40. The van der Waals surface area contributed by atoms with Crippen LogP contribution in [0, 0.1) is 5.41 Å². The van der Waals surface area contributed by atoms with Crippen LogP contribution in [-0.2, 0) is 0 Å². The van der Waals surface area contributed by atoms with E-state index in [-0.39, 0.29) is 0 Å². The van der Waals surface area contributed by atoms with E-state index in [1.807, 2.05) is 0 Å². The van der Waals surface area contributed by atoms with Crippen LogP contribution in [0.15, 0.2) is 0 Å². The van der Waals surface area contributed by atoms with E-state index >= 15 is 0 Å². The van der Waals surface area contributed by atoms with E-state index < -0.39 is 0 Å². The predicted molar refractivity (Wildman–Crippen MR) is 71.3 cm³/mol. The Morgan fingerprint density at radius 3 is 1.33 bits per heavy atom. The molecule has 0 fully saturated rings. The van der Waals surface area contributed by atoms with Crippen LogP contribution in [0.2, 0.25) is 0 Å². The van der Waals surface area contributed by atoms with Crippen LogP contribution in [0.3, 0.4) is 0 Å². The monoisotopic (exact) mass is 212 g/mol. The van der Waals surface area contributed by atoms with Gasteiger partial charge in [-0.3, -0.25) is 0 Å². The van der Waals surface area contributed by atoms with Crippen LogP contribution >= 0.6 is 0 Å². The van der Waals surface area contributed by atoms with Gasteiger partial charge in [-0.1, -0.05) is 66.2 Å². The van der Waals surface area contributed by atoms with E-state index in [0.29, 0.717) is 5.41 Å². The summed E-state index contributed by atoms with van der Waals surface area (Å²) in [4.78, 5) is 0. The van der Waals surface area contributed by atoms with Crippen molar-refractivity contribution in [1.82, 2.24) is 0 Å². The lowest BCUT2D eigenvalue weighted by Gasteiger charge is -2.33. The Morgan fingerprint density at radius 1 is 0.533 bits per heavy atom. The van der Waals surface area contributed by atoms with E-state index in [0.717, 1.165) is 0 Å². The van der Waals surface area contributed by atoms with Crippen LogP contribution in [-0.4, -0.2) is 0 Å². The van der Waals surface area contributed by atoms with Gasteiger partial charge >= 0.3 is 0 Å². The first-order valence-electron chi connectivity index (χ1n) is 7.24. The first-order chi connectivity index (χ1) is 7.24. The Kier molecular flexibility index (Phi) is 9.24. The SMILES string of the molecule is CCCCCC(CCC)(CCC)CCC. The summed E-state index contributed by atoms with van der Waals surface area (Å²) in [5.74, 6) is 0. The lowest BCUT2D eigenvalue weighted by Crippen LogP contribution is -2.20. The molecule has 0 aromatic rings. The van der Waals surface area contributed by atoms with Gasteiger partial charge < -0.3 is 0 Å². The fourth-order valence-corrected chi connectivity index (χ4v) is 3.09. The molecule has 0 aliphatic carbocycles. The average molecular weight is 212 g/mol. The van der Waals surface area contributed by atoms with Crippen molar-refractivity contribution in [2.24, 2.45) is 5.41 Å². The van der Waals surface area contributed by atoms with Crippen molar-refractivity contribution < 1.29 is 0 Å². The molecule has 0 aromatic heterocycles. The molecule has 15 heavy (non-hydrogen) atoms. The Labute approximate surface area is 97.8 Å². The van der Waals surface area contributed by atoms with Gasteiger partial charge in [0.25, 0.3) is 0 Å². The fourth-order valence-electron chi connectivity index (χ4n) is 3.09. The van der Waals surface area contributed by atoms with Crippen LogP contribution in [0.25, 0.3) is 0 Å². The molecule has 0 heterocycles. The minimum absolute atomic E-state index is 0.702. The van der Waals surface area contributed by atoms with Gasteiger partial charge in [0, 0.05) is 0 Å². The molecular weight excluding hydrogens is 180 g/mol. The van der Waals surface area contributed by atoms with Crippen molar-refractivity contribution in [3.63, 3.8) is 0 Å². The fraction of sp³-hybridized carbons (Fsp3) is 1.00. The lowest BCUT2D eigenvalue weighted by molar-refractivity contribution is 0.186. The molecule has 0 unspecified atom stereocenters. The van der Waals surface area contributed by atoms with Crippen molar-refractivity contribution in [2.45, 2.75) is 91.9 Å². The Morgan fingerprint density at radius 2 is 1.00 bits per heavy atom. The second-order valence-corrected chi connectivity index (χ2v) is 5.21. The van der Waals surface area contributed by atoms with E-state index in [4.69, 9.17) is 0 Å². The molecular formula is C15H32. The van der Waals surface area contributed by atoms with Gasteiger partial charge in [-0.05, 0) is 31.1 Å². The van der Waals surface area contributed by atoms with Gasteiger partial charge in [-0.2, -0.15) is 0 Å². The third-order valence-electron chi connectivity index (χ3n) is 3.65. The van der Waals surface area contributed by atoms with Crippen LogP contribution < -0.4 is 0 Å². The summed E-state index contributed by atoms with van der Waals surface area (Å²) in [5.41, 5.74) is 0.702. The maximum Gasteiger partial charge on any atom is -0.0298 e. The van der Waals surface area contributed by atoms with Crippen molar-refractivity contribution in [3.05, 3.63) is 0 Å². The van der Waals surface area contributed by atoms with Crippen molar-refractivity contribution in [3.8, 4) is 0 Å². The number of hydrogen-bond donors (Lipinski definition) is 0. The third kappa shape index (κ3) is 6.22. The quantitative estimate of drug-likeness (QED) is 0.392. The number of hydrogen-bond acceptors (Lipinski definition) is 0. The molecule has 0 aliphatic heterocycles. The largest absolute Gasteiger partial charge is 0.0654 e. The molecule has 92 valence electrons. The highest BCUT2D eigenvalue weighted by molar-refractivity contribution is 4.78. The minimum atomic E-state index is 0.702. The summed E-state index contributed by atoms with van der Waals surface area (Å²) in [6.45, 7) is 9.35. The maximum atomic E-state index is 2.35. The Balaban J connectivity index is 4.18. The van der Waals surface area contributed by atoms with E-state index in [9.17, 15) is 0 Å². The number of unbranched alkanes of at least 4 members (excludes halogenated alkanes) is 2. The molecule has 0 saturated carbocycles. The Bertz CT molecular complexity index is 109.